The number of hydrogen-bond acceptors (Lipinski definition) is 6. The lowest BCUT2D eigenvalue weighted by Gasteiger charge is -2.08. The number of amides is 1. The van der Waals surface area contributed by atoms with Gasteiger partial charge in [-0.05, 0) is 43.9 Å². The second kappa shape index (κ2) is 8.77. The Hall–Kier alpha value is -3.03. The minimum Gasteiger partial charge on any atom is -0.347 e. The fourth-order valence-electron chi connectivity index (χ4n) is 3.07. The molecule has 1 amide bonds. The number of rotatable bonds is 8. The molecule has 8 nitrogen and oxygen atoms in total. The smallest absolute Gasteiger partial charge is 0.246 e. The molecule has 8 heteroatoms. The molecule has 148 valence electrons. The summed E-state index contributed by atoms with van der Waals surface area (Å²) in [5, 5.41) is 11.4. The zero-order valence-electron chi connectivity index (χ0n) is 16.8. The summed E-state index contributed by atoms with van der Waals surface area (Å²) in [4.78, 5) is 20.5. The minimum absolute atomic E-state index is 0.0564. The Bertz CT molecular complexity index is 930. The van der Waals surface area contributed by atoms with Gasteiger partial charge in [0.2, 0.25) is 17.6 Å². The Morgan fingerprint density at radius 3 is 2.71 bits per heavy atom. The fraction of sp³-hybridized carbons (Fsp3) is 0.450. The number of hydrogen-bond donors (Lipinski definition) is 1. The van der Waals surface area contributed by atoms with Crippen LogP contribution in [0.5, 0.6) is 0 Å². The van der Waals surface area contributed by atoms with Crippen LogP contribution in [0.15, 0.2) is 29.0 Å². The Morgan fingerprint density at radius 2 is 2.00 bits per heavy atom. The van der Waals surface area contributed by atoms with Gasteiger partial charge >= 0.3 is 0 Å². The number of nitrogens with one attached hydrogen (secondary N) is 1. The van der Waals surface area contributed by atoms with Crippen LogP contribution in [-0.4, -0.2) is 30.8 Å². The van der Waals surface area contributed by atoms with E-state index >= 15 is 0 Å². The maximum Gasteiger partial charge on any atom is 0.246 e. The van der Waals surface area contributed by atoms with Crippen molar-refractivity contribution in [3.05, 3.63) is 47.4 Å². The quantitative estimate of drug-likeness (QED) is 0.643. The van der Waals surface area contributed by atoms with E-state index in [-0.39, 0.29) is 12.5 Å². The molecule has 0 unspecified atom stereocenters. The van der Waals surface area contributed by atoms with E-state index in [2.05, 4.69) is 46.3 Å². The van der Waals surface area contributed by atoms with Crippen LogP contribution in [0.1, 0.15) is 43.1 Å². The number of pyridine rings is 1. The maximum absolute atomic E-state index is 12.2. The Kier molecular flexibility index (Phi) is 6.18. The van der Waals surface area contributed by atoms with Gasteiger partial charge < -0.3 is 9.84 Å². The molecule has 0 spiro atoms. The maximum atomic E-state index is 12.2. The van der Waals surface area contributed by atoms with Gasteiger partial charge in [0, 0.05) is 36.6 Å². The molecule has 0 saturated heterocycles. The van der Waals surface area contributed by atoms with Crippen LogP contribution in [0.4, 0.5) is 0 Å². The molecule has 3 aromatic rings. The summed E-state index contributed by atoms with van der Waals surface area (Å²) < 4.78 is 7.24. The Balaban J connectivity index is 1.52. The summed E-state index contributed by atoms with van der Waals surface area (Å²) in [7, 11) is 0. The van der Waals surface area contributed by atoms with Crippen molar-refractivity contribution >= 4 is 5.91 Å². The van der Waals surface area contributed by atoms with E-state index in [0.29, 0.717) is 30.5 Å². The van der Waals surface area contributed by atoms with Gasteiger partial charge in [0.15, 0.2) is 0 Å². The van der Waals surface area contributed by atoms with Crippen LogP contribution in [0.2, 0.25) is 0 Å². The second-order valence-corrected chi connectivity index (χ2v) is 7.25. The monoisotopic (exact) mass is 382 g/mol. The van der Waals surface area contributed by atoms with E-state index in [1.807, 2.05) is 11.6 Å². The summed E-state index contributed by atoms with van der Waals surface area (Å²) in [6.07, 6.45) is 4.38. The molecule has 3 heterocycles. The molecule has 28 heavy (non-hydrogen) atoms. The van der Waals surface area contributed by atoms with Crippen molar-refractivity contribution in [2.75, 3.05) is 0 Å². The molecular formula is C20H26N6O2. The molecule has 0 aliphatic carbocycles. The molecule has 3 rings (SSSR count). The lowest BCUT2D eigenvalue weighted by Crippen LogP contribution is -2.23. The van der Waals surface area contributed by atoms with E-state index in [4.69, 9.17) is 4.52 Å². The lowest BCUT2D eigenvalue weighted by molar-refractivity contribution is -0.121. The first-order valence-electron chi connectivity index (χ1n) is 9.46. The van der Waals surface area contributed by atoms with Crippen molar-refractivity contribution < 1.29 is 9.32 Å². The fourth-order valence-corrected chi connectivity index (χ4v) is 3.07. The van der Waals surface area contributed by atoms with Crippen molar-refractivity contribution in [2.45, 2.75) is 53.6 Å². The van der Waals surface area contributed by atoms with Crippen molar-refractivity contribution in [3.63, 3.8) is 0 Å². The summed E-state index contributed by atoms with van der Waals surface area (Å²) in [5.74, 6) is 1.33. The molecular weight excluding hydrogens is 356 g/mol. The van der Waals surface area contributed by atoms with Gasteiger partial charge in [-0.2, -0.15) is 10.1 Å². The lowest BCUT2D eigenvalue weighted by atomic mass is 10.1. The Morgan fingerprint density at radius 1 is 1.25 bits per heavy atom. The van der Waals surface area contributed by atoms with Gasteiger partial charge in [-0.3, -0.25) is 14.5 Å². The third-order valence-corrected chi connectivity index (χ3v) is 4.51. The van der Waals surface area contributed by atoms with Crippen LogP contribution in [-0.2, 0) is 24.3 Å². The zero-order valence-corrected chi connectivity index (χ0v) is 16.8. The average molecular weight is 382 g/mol. The van der Waals surface area contributed by atoms with Gasteiger partial charge in [-0.25, -0.2) is 0 Å². The molecule has 0 aliphatic rings. The highest BCUT2D eigenvalue weighted by atomic mass is 16.5. The molecule has 0 aliphatic heterocycles. The minimum atomic E-state index is -0.0564. The average Bonchev–Trinajstić information content (AvgIpc) is 3.24. The third kappa shape index (κ3) is 4.82. The number of carbonyl (C=O) groups excluding carboxylic acids is 1. The SMILES string of the molecule is Cc1nn(CC(C)C)c(C)c1CCC(=O)NCc1nc(-c2ccncc2)no1. The molecule has 1 N–H and O–H groups in total. The van der Waals surface area contributed by atoms with Gasteiger partial charge in [0.1, 0.15) is 0 Å². The van der Waals surface area contributed by atoms with E-state index in [0.717, 1.165) is 29.1 Å². The van der Waals surface area contributed by atoms with E-state index in [9.17, 15) is 4.79 Å². The largest absolute Gasteiger partial charge is 0.347 e. The van der Waals surface area contributed by atoms with Gasteiger partial charge in [-0.1, -0.05) is 19.0 Å². The zero-order chi connectivity index (χ0) is 20.1. The predicted molar refractivity (Wildman–Crippen MR) is 104 cm³/mol. The molecule has 3 aromatic heterocycles. The molecule has 0 radical (unpaired) electrons. The summed E-state index contributed by atoms with van der Waals surface area (Å²) in [5.41, 5.74) is 4.09. The van der Waals surface area contributed by atoms with E-state index in [1.54, 1.807) is 24.5 Å². The topological polar surface area (TPSA) is 98.7 Å². The van der Waals surface area contributed by atoms with Crippen molar-refractivity contribution in [1.82, 2.24) is 30.2 Å². The number of aromatic nitrogens is 5. The number of nitrogens with zero attached hydrogens (tertiary/aromatic N) is 5. The number of carbonyl (C=O) groups is 1. The first-order chi connectivity index (χ1) is 13.4. The molecule has 0 atom stereocenters. The van der Waals surface area contributed by atoms with Crippen LogP contribution in [0.3, 0.4) is 0 Å². The molecule has 0 bridgehead atoms. The van der Waals surface area contributed by atoms with E-state index in [1.165, 1.54) is 0 Å². The van der Waals surface area contributed by atoms with Crippen molar-refractivity contribution in [1.29, 1.82) is 0 Å². The summed E-state index contributed by atoms with van der Waals surface area (Å²) in [6, 6.07) is 3.61. The van der Waals surface area contributed by atoms with Crippen LogP contribution >= 0.6 is 0 Å². The van der Waals surface area contributed by atoms with Crippen molar-refractivity contribution in [2.24, 2.45) is 5.92 Å². The van der Waals surface area contributed by atoms with Gasteiger partial charge in [-0.15, -0.1) is 0 Å². The summed E-state index contributed by atoms with van der Waals surface area (Å²) in [6.45, 7) is 9.49. The van der Waals surface area contributed by atoms with Crippen LogP contribution < -0.4 is 5.32 Å². The standard InChI is InChI=1S/C20H26N6O2/c1-13(2)12-26-15(4)17(14(3)24-26)5-6-18(27)22-11-19-23-20(25-28-19)16-7-9-21-10-8-16/h7-10,13H,5-6,11-12H2,1-4H3,(H,22,27). The van der Waals surface area contributed by atoms with Crippen LogP contribution in [0, 0.1) is 19.8 Å². The third-order valence-electron chi connectivity index (χ3n) is 4.51. The highest BCUT2D eigenvalue weighted by Crippen LogP contribution is 2.17. The van der Waals surface area contributed by atoms with Gasteiger partial charge in [0.25, 0.3) is 0 Å². The molecule has 0 saturated carbocycles. The highest BCUT2D eigenvalue weighted by Gasteiger charge is 2.14. The highest BCUT2D eigenvalue weighted by molar-refractivity contribution is 5.76. The summed E-state index contributed by atoms with van der Waals surface area (Å²) >= 11 is 0. The molecule has 0 aromatic carbocycles. The first-order valence-corrected chi connectivity index (χ1v) is 9.46. The first kappa shape index (κ1) is 19.7. The normalized spacial score (nSPS) is 11.2. The van der Waals surface area contributed by atoms with Crippen molar-refractivity contribution in [3.8, 4) is 11.4 Å². The number of aryl methyl sites for hydroxylation is 1. The molecule has 0 fully saturated rings. The van der Waals surface area contributed by atoms with E-state index < -0.39 is 0 Å². The van der Waals surface area contributed by atoms with Gasteiger partial charge in [0.05, 0.1) is 12.2 Å². The van der Waals surface area contributed by atoms with Crippen LogP contribution in [0.25, 0.3) is 11.4 Å². The Labute approximate surface area is 164 Å². The predicted octanol–water partition coefficient (Wildman–Crippen LogP) is 2.85. The second-order valence-electron chi connectivity index (χ2n) is 7.25.